The van der Waals surface area contributed by atoms with Crippen molar-refractivity contribution in [3.05, 3.63) is 58.6 Å². The maximum Gasteiger partial charge on any atom is 0.241 e. The van der Waals surface area contributed by atoms with Crippen molar-refractivity contribution in [2.75, 3.05) is 11.9 Å². The molecular weight excluding hydrogens is 364 g/mol. The van der Waals surface area contributed by atoms with Crippen LogP contribution in [0.1, 0.15) is 22.8 Å². The number of halogens is 1. The maximum atomic E-state index is 12.2. The number of Topliss-reactive ketones (excluding diaryl/α,β-unsaturated/α-hetero) is 1. The van der Waals surface area contributed by atoms with Crippen molar-refractivity contribution >= 4 is 39.0 Å². The molecule has 2 rings (SSSR count). The lowest BCUT2D eigenvalue weighted by Crippen LogP contribution is -2.32. The molecule has 0 unspecified atom stereocenters. The van der Waals surface area contributed by atoms with Crippen molar-refractivity contribution in [3.63, 3.8) is 0 Å². The largest absolute Gasteiger partial charge is 0.325 e. The summed E-state index contributed by atoms with van der Waals surface area (Å²) in [7, 11) is -3.82. The van der Waals surface area contributed by atoms with Crippen LogP contribution in [0, 0.1) is 6.92 Å². The number of amides is 1. The van der Waals surface area contributed by atoms with Gasteiger partial charge in [0.05, 0.1) is 11.4 Å². The van der Waals surface area contributed by atoms with Crippen LogP contribution in [0.3, 0.4) is 0 Å². The molecule has 0 saturated heterocycles. The van der Waals surface area contributed by atoms with Crippen LogP contribution < -0.4 is 10.0 Å². The summed E-state index contributed by atoms with van der Waals surface area (Å²) in [5.74, 6) is -0.603. The summed E-state index contributed by atoms with van der Waals surface area (Å²) in [5.41, 5.74) is 1.62. The molecule has 0 bridgehead atoms. The predicted octanol–water partition coefficient (Wildman–Crippen LogP) is 2.77. The highest BCUT2D eigenvalue weighted by Gasteiger charge is 2.16. The van der Waals surface area contributed by atoms with Crippen molar-refractivity contribution in [1.29, 1.82) is 0 Å². The minimum absolute atomic E-state index is 0.0352. The molecule has 25 heavy (non-hydrogen) atoms. The zero-order valence-corrected chi connectivity index (χ0v) is 15.2. The van der Waals surface area contributed by atoms with Gasteiger partial charge in [0.15, 0.2) is 5.78 Å². The van der Waals surface area contributed by atoms with Crippen molar-refractivity contribution in [3.8, 4) is 0 Å². The zero-order valence-electron chi connectivity index (χ0n) is 13.7. The number of ketones is 1. The third kappa shape index (κ3) is 5.12. The van der Waals surface area contributed by atoms with E-state index in [1.165, 1.54) is 25.1 Å². The molecule has 0 fully saturated rings. The lowest BCUT2D eigenvalue weighted by atomic mass is 10.1. The lowest BCUT2D eigenvalue weighted by molar-refractivity contribution is -0.115. The molecule has 132 valence electrons. The Labute approximate surface area is 151 Å². The second kappa shape index (κ2) is 7.77. The van der Waals surface area contributed by atoms with Crippen LogP contribution in [-0.4, -0.2) is 26.7 Å². The second-order valence-electron chi connectivity index (χ2n) is 5.42. The van der Waals surface area contributed by atoms with E-state index in [2.05, 4.69) is 10.0 Å². The van der Waals surface area contributed by atoms with Crippen LogP contribution >= 0.6 is 11.6 Å². The average molecular weight is 381 g/mol. The molecule has 0 radical (unpaired) electrons. The predicted molar refractivity (Wildman–Crippen MR) is 96.5 cm³/mol. The van der Waals surface area contributed by atoms with Crippen molar-refractivity contribution in [2.24, 2.45) is 0 Å². The molecule has 0 atom stereocenters. The topological polar surface area (TPSA) is 92.3 Å². The highest BCUT2D eigenvalue weighted by molar-refractivity contribution is 7.89. The SMILES string of the molecule is CC(=O)c1ccc(NC(=O)CNS(=O)(=O)c2ccc(Cl)c(C)c2)cc1. The van der Waals surface area contributed by atoms with E-state index in [0.29, 0.717) is 21.8 Å². The van der Waals surface area contributed by atoms with Gasteiger partial charge in [-0.15, -0.1) is 0 Å². The molecule has 2 aromatic rings. The number of anilines is 1. The summed E-state index contributed by atoms with van der Waals surface area (Å²) in [6.07, 6.45) is 0. The number of rotatable bonds is 6. The van der Waals surface area contributed by atoms with Gasteiger partial charge in [0, 0.05) is 16.3 Å². The lowest BCUT2D eigenvalue weighted by Gasteiger charge is -2.09. The molecule has 6 nitrogen and oxygen atoms in total. The highest BCUT2D eigenvalue weighted by Crippen LogP contribution is 2.19. The highest BCUT2D eigenvalue weighted by atomic mass is 35.5. The third-order valence-electron chi connectivity index (χ3n) is 3.44. The fourth-order valence-electron chi connectivity index (χ4n) is 2.02. The van der Waals surface area contributed by atoms with Gasteiger partial charge in [0.2, 0.25) is 15.9 Å². The summed E-state index contributed by atoms with van der Waals surface area (Å²) in [4.78, 5) is 23.1. The third-order valence-corrected chi connectivity index (χ3v) is 5.26. The summed E-state index contributed by atoms with van der Waals surface area (Å²) in [6, 6.07) is 10.6. The Balaban J connectivity index is 1.98. The Morgan fingerprint density at radius 3 is 2.28 bits per heavy atom. The molecule has 0 aliphatic rings. The smallest absolute Gasteiger partial charge is 0.241 e. The number of carbonyl (C=O) groups excluding carboxylic acids is 2. The van der Waals surface area contributed by atoms with Crippen LogP contribution in [0.15, 0.2) is 47.4 Å². The molecule has 1 amide bonds. The molecule has 0 heterocycles. The van der Waals surface area contributed by atoms with E-state index in [1.54, 1.807) is 31.2 Å². The number of hydrogen-bond acceptors (Lipinski definition) is 4. The molecule has 0 spiro atoms. The minimum Gasteiger partial charge on any atom is -0.325 e. The van der Waals surface area contributed by atoms with E-state index in [4.69, 9.17) is 11.6 Å². The quantitative estimate of drug-likeness (QED) is 0.753. The Kier molecular flexibility index (Phi) is 5.94. The van der Waals surface area contributed by atoms with Gasteiger partial charge in [-0.1, -0.05) is 11.6 Å². The van der Waals surface area contributed by atoms with E-state index in [0.717, 1.165) is 0 Å². The Hall–Kier alpha value is -2.22. The van der Waals surface area contributed by atoms with Crippen molar-refractivity contribution in [1.82, 2.24) is 4.72 Å². The Morgan fingerprint density at radius 2 is 1.72 bits per heavy atom. The zero-order chi connectivity index (χ0) is 18.6. The first-order chi connectivity index (χ1) is 11.7. The number of sulfonamides is 1. The van der Waals surface area contributed by atoms with Gasteiger partial charge in [-0.3, -0.25) is 9.59 Å². The van der Waals surface area contributed by atoms with Crippen LogP contribution in [0.4, 0.5) is 5.69 Å². The number of carbonyl (C=O) groups is 2. The Morgan fingerprint density at radius 1 is 1.08 bits per heavy atom. The van der Waals surface area contributed by atoms with Gasteiger partial charge in [-0.2, -0.15) is 0 Å². The molecule has 0 aromatic heterocycles. The number of nitrogens with one attached hydrogen (secondary N) is 2. The van der Waals surface area contributed by atoms with Crippen LogP contribution in [0.5, 0.6) is 0 Å². The first kappa shape index (κ1) is 19.1. The van der Waals surface area contributed by atoms with E-state index >= 15 is 0 Å². The van der Waals surface area contributed by atoms with E-state index in [-0.39, 0.29) is 10.7 Å². The summed E-state index contributed by atoms with van der Waals surface area (Å²) < 4.78 is 26.6. The molecular formula is C17H17ClN2O4S. The molecule has 0 aliphatic carbocycles. The van der Waals surface area contributed by atoms with Crippen LogP contribution in [-0.2, 0) is 14.8 Å². The van der Waals surface area contributed by atoms with Crippen molar-refractivity contribution < 1.29 is 18.0 Å². The monoisotopic (exact) mass is 380 g/mol. The van der Waals surface area contributed by atoms with E-state index in [9.17, 15) is 18.0 Å². The van der Waals surface area contributed by atoms with Gasteiger partial charge in [-0.25, -0.2) is 13.1 Å². The van der Waals surface area contributed by atoms with Crippen molar-refractivity contribution in [2.45, 2.75) is 18.7 Å². The van der Waals surface area contributed by atoms with Gasteiger partial charge >= 0.3 is 0 Å². The normalized spacial score (nSPS) is 11.2. The average Bonchev–Trinajstić information content (AvgIpc) is 2.56. The van der Waals surface area contributed by atoms with Crippen LogP contribution in [0.2, 0.25) is 5.02 Å². The second-order valence-corrected chi connectivity index (χ2v) is 7.59. The molecule has 2 N–H and O–H groups in total. The fraction of sp³-hybridized carbons (Fsp3) is 0.176. The number of hydrogen-bond donors (Lipinski definition) is 2. The summed E-state index contributed by atoms with van der Waals surface area (Å²) in [6.45, 7) is 2.72. The van der Waals surface area contributed by atoms with Gasteiger partial charge in [0.25, 0.3) is 0 Å². The summed E-state index contributed by atoms with van der Waals surface area (Å²) >= 11 is 5.88. The van der Waals surface area contributed by atoms with E-state index < -0.39 is 22.5 Å². The van der Waals surface area contributed by atoms with Crippen LogP contribution in [0.25, 0.3) is 0 Å². The van der Waals surface area contributed by atoms with Gasteiger partial charge < -0.3 is 5.32 Å². The van der Waals surface area contributed by atoms with Gasteiger partial charge in [-0.05, 0) is 61.9 Å². The molecule has 0 saturated carbocycles. The summed E-state index contributed by atoms with van der Waals surface area (Å²) in [5, 5.41) is 3.02. The first-order valence-corrected chi connectivity index (χ1v) is 9.22. The maximum absolute atomic E-state index is 12.2. The van der Waals surface area contributed by atoms with Gasteiger partial charge in [0.1, 0.15) is 0 Å². The first-order valence-electron chi connectivity index (χ1n) is 7.36. The molecule has 0 aliphatic heterocycles. The molecule has 2 aromatic carbocycles. The van der Waals surface area contributed by atoms with E-state index in [1.807, 2.05) is 0 Å². The fourth-order valence-corrected chi connectivity index (χ4v) is 3.21. The number of benzene rings is 2. The standard InChI is InChI=1S/C17H17ClN2O4S/c1-11-9-15(7-8-16(11)18)25(23,24)19-10-17(22)20-14-5-3-13(4-6-14)12(2)21/h3-9,19H,10H2,1-2H3,(H,20,22). The Bertz CT molecular complexity index is 909. The number of aryl methyl sites for hydroxylation is 1. The molecule has 8 heteroatoms. The minimum atomic E-state index is -3.82.